The molecule has 348 valence electrons. The average molecular weight is 832 g/mol. The van der Waals surface area contributed by atoms with E-state index in [1.165, 1.54) is 186 Å². The molecule has 2 unspecified atom stereocenters. The zero-order valence-corrected chi connectivity index (χ0v) is 39.5. The van der Waals surface area contributed by atoms with Crippen LogP contribution in [0.1, 0.15) is 277 Å². The van der Waals surface area contributed by atoms with Crippen molar-refractivity contribution < 1.29 is 24.5 Å². The number of unbranched alkanes of at least 4 members (excludes halogenated alkanes) is 33. The van der Waals surface area contributed by atoms with Crippen molar-refractivity contribution in [2.45, 2.75) is 289 Å². The highest BCUT2D eigenvalue weighted by Crippen LogP contribution is 2.16. The average Bonchev–Trinajstić information content (AvgIpc) is 3.24. The molecule has 0 bridgehead atoms. The Morgan fingerprint density at radius 1 is 0.458 bits per heavy atom. The smallest absolute Gasteiger partial charge is 0.305 e. The van der Waals surface area contributed by atoms with Gasteiger partial charge in [-0.1, -0.05) is 212 Å². The van der Waals surface area contributed by atoms with Crippen molar-refractivity contribution in [2.75, 3.05) is 13.2 Å². The van der Waals surface area contributed by atoms with Gasteiger partial charge >= 0.3 is 5.97 Å². The fraction of sp³-hybridized carbons (Fsp3) is 0.887. The summed E-state index contributed by atoms with van der Waals surface area (Å²) in [7, 11) is 0. The van der Waals surface area contributed by atoms with Gasteiger partial charge in [-0.15, -0.1) is 0 Å². The summed E-state index contributed by atoms with van der Waals surface area (Å²) in [6.07, 6.45) is 57.2. The number of carbonyl (C=O) groups is 2. The van der Waals surface area contributed by atoms with E-state index in [9.17, 15) is 19.8 Å². The molecule has 0 aromatic heterocycles. The second-order valence-corrected chi connectivity index (χ2v) is 17.8. The number of ether oxygens (including phenoxy) is 1. The topological polar surface area (TPSA) is 95.9 Å². The number of hydrogen-bond acceptors (Lipinski definition) is 5. The Labute approximate surface area is 367 Å². The molecule has 0 radical (unpaired) electrons. The molecule has 0 aliphatic heterocycles. The van der Waals surface area contributed by atoms with Gasteiger partial charge in [0, 0.05) is 12.8 Å². The SMILES string of the molecule is CCCCC/C=C\CCCCCCCC(=O)OCCCCCCCC/C=C\CCCCCCCCCC(=O)NC(CO)C(O)CCCCCCCCCCCCCCC. The first-order valence-electron chi connectivity index (χ1n) is 26.1. The minimum Gasteiger partial charge on any atom is -0.466 e. The molecule has 59 heavy (non-hydrogen) atoms. The van der Waals surface area contributed by atoms with Crippen molar-refractivity contribution in [1.82, 2.24) is 5.32 Å². The van der Waals surface area contributed by atoms with E-state index in [0.717, 1.165) is 57.8 Å². The quantitative estimate of drug-likeness (QED) is 0.0322. The number of nitrogens with one attached hydrogen (secondary N) is 1. The van der Waals surface area contributed by atoms with E-state index >= 15 is 0 Å². The molecule has 0 rings (SSSR count). The van der Waals surface area contributed by atoms with E-state index in [-0.39, 0.29) is 18.5 Å². The largest absolute Gasteiger partial charge is 0.466 e. The molecule has 0 aliphatic rings. The van der Waals surface area contributed by atoms with Gasteiger partial charge in [0.15, 0.2) is 0 Å². The normalized spacial score (nSPS) is 12.8. The third kappa shape index (κ3) is 45.7. The molecule has 0 saturated carbocycles. The van der Waals surface area contributed by atoms with Crippen molar-refractivity contribution in [3.63, 3.8) is 0 Å². The number of rotatable bonds is 48. The van der Waals surface area contributed by atoms with E-state index in [4.69, 9.17) is 4.74 Å². The minimum atomic E-state index is -0.671. The number of hydrogen-bond donors (Lipinski definition) is 3. The Morgan fingerprint density at radius 2 is 0.797 bits per heavy atom. The fourth-order valence-electron chi connectivity index (χ4n) is 7.92. The maximum Gasteiger partial charge on any atom is 0.305 e. The van der Waals surface area contributed by atoms with Crippen LogP contribution >= 0.6 is 0 Å². The van der Waals surface area contributed by atoms with Gasteiger partial charge in [0.2, 0.25) is 5.91 Å². The lowest BCUT2D eigenvalue weighted by molar-refractivity contribution is -0.143. The molecule has 0 fully saturated rings. The Balaban J connectivity index is 3.47. The van der Waals surface area contributed by atoms with E-state index in [1.807, 2.05) is 0 Å². The van der Waals surface area contributed by atoms with Gasteiger partial charge in [0.1, 0.15) is 0 Å². The summed E-state index contributed by atoms with van der Waals surface area (Å²) in [6.45, 7) is 4.90. The van der Waals surface area contributed by atoms with Crippen molar-refractivity contribution in [2.24, 2.45) is 0 Å². The Morgan fingerprint density at radius 3 is 1.24 bits per heavy atom. The standard InChI is InChI=1S/C53H101NO5/c1-3-5-7-9-11-13-15-22-25-29-33-37-41-45-51(56)50(49-55)54-52(57)46-42-38-34-30-26-23-20-18-17-19-21-24-28-32-36-40-44-48-59-53(58)47-43-39-35-31-27-16-14-12-10-8-6-4-2/h12,14,17,19,50-51,55-56H,3-11,13,15-16,18,20-49H2,1-2H3,(H,54,57)/b14-12-,19-17-. The van der Waals surface area contributed by atoms with E-state index in [0.29, 0.717) is 25.9 Å². The van der Waals surface area contributed by atoms with Crippen LogP contribution in [0, 0.1) is 0 Å². The maximum atomic E-state index is 12.4. The predicted octanol–water partition coefficient (Wildman–Crippen LogP) is 15.5. The van der Waals surface area contributed by atoms with Crippen LogP contribution in [0.25, 0.3) is 0 Å². The second-order valence-electron chi connectivity index (χ2n) is 17.8. The first kappa shape index (κ1) is 57.3. The summed E-state index contributed by atoms with van der Waals surface area (Å²) in [5.74, 6) is -0.0597. The number of aliphatic hydroxyl groups is 2. The number of esters is 1. The fourth-order valence-corrected chi connectivity index (χ4v) is 7.92. The van der Waals surface area contributed by atoms with Gasteiger partial charge in [-0.2, -0.15) is 0 Å². The van der Waals surface area contributed by atoms with E-state index < -0.39 is 12.1 Å². The number of aliphatic hydroxyl groups excluding tert-OH is 2. The first-order valence-corrected chi connectivity index (χ1v) is 26.1. The summed E-state index contributed by atoms with van der Waals surface area (Å²) in [5, 5.41) is 23.2. The first-order chi connectivity index (χ1) is 29.0. The zero-order valence-electron chi connectivity index (χ0n) is 39.5. The van der Waals surface area contributed by atoms with Gasteiger partial charge < -0.3 is 20.3 Å². The van der Waals surface area contributed by atoms with E-state index in [2.05, 4.69) is 43.5 Å². The molecule has 3 N–H and O–H groups in total. The van der Waals surface area contributed by atoms with Crippen molar-refractivity contribution in [3.8, 4) is 0 Å². The van der Waals surface area contributed by atoms with Gasteiger partial charge in [-0.3, -0.25) is 9.59 Å². The summed E-state index contributed by atoms with van der Waals surface area (Å²) < 4.78 is 5.44. The van der Waals surface area contributed by atoms with Crippen molar-refractivity contribution in [1.29, 1.82) is 0 Å². The summed E-state index contributed by atoms with van der Waals surface area (Å²) in [5.41, 5.74) is 0. The molecule has 0 aromatic rings. The molecule has 1 amide bonds. The van der Waals surface area contributed by atoms with Crippen LogP contribution in [0.4, 0.5) is 0 Å². The molecular formula is C53H101NO5. The van der Waals surface area contributed by atoms with Crippen LogP contribution in [-0.2, 0) is 14.3 Å². The highest BCUT2D eigenvalue weighted by molar-refractivity contribution is 5.76. The van der Waals surface area contributed by atoms with Crippen molar-refractivity contribution in [3.05, 3.63) is 24.3 Å². The molecule has 0 heterocycles. The third-order valence-electron chi connectivity index (χ3n) is 12.0. The van der Waals surface area contributed by atoms with Crippen LogP contribution < -0.4 is 5.32 Å². The molecule has 6 heteroatoms. The second kappa shape index (κ2) is 49.0. The Hall–Kier alpha value is -1.66. The minimum absolute atomic E-state index is 0.0122. The Bertz CT molecular complexity index is 920. The lowest BCUT2D eigenvalue weighted by atomic mass is 10.0. The van der Waals surface area contributed by atoms with Crippen LogP contribution in [0.15, 0.2) is 24.3 Å². The third-order valence-corrected chi connectivity index (χ3v) is 12.0. The van der Waals surface area contributed by atoms with Crippen LogP contribution in [0.3, 0.4) is 0 Å². The molecule has 0 aromatic carbocycles. The lowest BCUT2D eigenvalue weighted by Crippen LogP contribution is -2.45. The monoisotopic (exact) mass is 832 g/mol. The molecular weight excluding hydrogens is 731 g/mol. The summed E-state index contributed by atoms with van der Waals surface area (Å²) >= 11 is 0. The van der Waals surface area contributed by atoms with Crippen LogP contribution in [-0.4, -0.2) is 47.4 Å². The number of allylic oxidation sites excluding steroid dienone is 4. The zero-order chi connectivity index (χ0) is 43.0. The predicted molar refractivity (Wildman–Crippen MR) is 255 cm³/mol. The summed E-state index contributed by atoms with van der Waals surface area (Å²) in [4.78, 5) is 24.4. The Kier molecular flexibility index (Phi) is 47.6. The number of amides is 1. The van der Waals surface area contributed by atoms with Gasteiger partial charge in [-0.05, 0) is 77.0 Å². The summed E-state index contributed by atoms with van der Waals surface area (Å²) in [6, 6.07) is -0.549. The molecule has 0 spiro atoms. The van der Waals surface area contributed by atoms with E-state index in [1.54, 1.807) is 0 Å². The highest BCUT2D eigenvalue weighted by Gasteiger charge is 2.20. The lowest BCUT2D eigenvalue weighted by Gasteiger charge is -2.22. The molecule has 0 aliphatic carbocycles. The molecule has 0 saturated heterocycles. The highest BCUT2D eigenvalue weighted by atomic mass is 16.5. The van der Waals surface area contributed by atoms with Gasteiger partial charge in [0.25, 0.3) is 0 Å². The van der Waals surface area contributed by atoms with Gasteiger partial charge in [-0.25, -0.2) is 0 Å². The molecule has 6 nitrogen and oxygen atoms in total. The van der Waals surface area contributed by atoms with Crippen molar-refractivity contribution >= 4 is 11.9 Å². The molecule has 2 atom stereocenters. The van der Waals surface area contributed by atoms with Crippen LogP contribution in [0.2, 0.25) is 0 Å². The maximum absolute atomic E-state index is 12.4. The number of carbonyl (C=O) groups excluding carboxylic acids is 2. The van der Waals surface area contributed by atoms with Gasteiger partial charge in [0.05, 0.1) is 25.4 Å². The van der Waals surface area contributed by atoms with Crippen LogP contribution in [0.5, 0.6) is 0 Å².